The number of thioether (sulfide) groups is 1. The van der Waals surface area contributed by atoms with Gasteiger partial charge >= 0.3 is 11.9 Å². The molecule has 3 aromatic carbocycles. The van der Waals surface area contributed by atoms with Crippen molar-refractivity contribution >= 4 is 63.6 Å². The molecule has 16 heteroatoms. The second kappa shape index (κ2) is 15.5. The fourth-order valence-corrected chi connectivity index (χ4v) is 8.64. The minimum Gasteiger partial charge on any atom is -0.477 e. The van der Waals surface area contributed by atoms with Crippen molar-refractivity contribution in [1.82, 2.24) is 20.5 Å². The molecule has 3 aliphatic rings. The van der Waals surface area contributed by atoms with Gasteiger partial charge in [0, 0.05) is 36.6 Å². The van der Waals surface area contributed by atoms with Crippen molar-refractivity contribution < 1.29 is 38.7 Å². The van der Waals surface area contributed by atoms with Gasteiger partial charge in [-0.2, -0.15) is 0 Å². The highest BCUT2D eigenvalue weighted by Gasteiger charge is 2.54. The second-order valence-electron chi connectivity index (χ2n) is 12.5. The van der Waals surface area contributed by atoms with E-state index in [0.29, 0.717) is 18.1 Å². The van der Waals surface area contributed by atoms with Crippen molar-refractivity contribution in [2.24, 2.45) is 5.16 Å². The maximum Gasteiger partial charge on any atom is 0.352 e. The van der Waals surface area contributed by atoms with E-state index in [0.717, 1.165) is 21.6 Å². The summed E-state index contributed by atoms with van der Waals surface area (Å²) in [6.07, 6.45) is -0.594. The number of hydrogen-bond acceptors (Lipinski definition) is 12. The summed E-state index contributed by atoms with van der Waals surface area (Å²) >= 11 is 2.45. The highest BCUT2D eigenvalue weighted by molar-refractivity contribution is 8.00. The van der Waals surface area contributed by atoms with Crippen LogP contribution in [0.2, 0.25) is 0 Å². The third-order valence-electron chi connectivity index (χ3n) is 9.13. The standard InChI is InChI=1S/C38H34N6O8S2/c1-22(45)51-19-23-20-53-35-30(34(48)44(35)31(23)36(49)50)41-33(47)29(43-52-28-17-18-39-32(28)46)27-21-54-37(40-27)42-38(24-11-5-2-6-12-24,25-13-7-3-8-14-25)26-15-9-4-10-16-26/h2-16,21,28,30,35H,17-20H2,1H3,(H,39,46)(H,40,42)(H,41,47)(H,49,50)/t28?,30-,35+/m0/s1. The van der Waals surface area contributed by atoms with Crippen molar-refractivity contribution in [2.75, 3.05) is 24.2 Å². The summed E-state index contributed by atoms with van der Waals surface area (Å²) in [4.78, 5) is 74.8. The molecule has 1 aromatic heterocycles. The smallest absolute Gasteiger partial charge is 0.352 e. The molecule has 4 aromatic rings. The zero-order valence-electron chi connectivity index (χ0n) is 28.8. The highest BCUT2D eigenvalue weighted by Crippen LogP contribution is 2.42. The normalized spacial score (nSPS) is 19.7. The quantitative estimate of drug-likeness (QED) is 0.0513. The van der Waals surface area contributed by atoms with Crippen LogP contribution >= 0.6 is 23.1 Å². The summed E-state index contributed by atoms with van der Waals surface area (Å²) in [5.74, 6) is -3.63. The maximum atomic E-state index is 14.0. The number of carboxylic acids is 1. The van der Waals surface area contributed by atoms with Crippen LogP contribution in [-0.4, -0.2) is 86.8 Å². The number of aromatic nitrogens is 1. The first-order valence-electron chi connectivity index (χ1n) is 16.9. The number of β-lactam (4-membered cyclic amide) rings is 1. The lowest BCUT2D eigenvalue weighted by atomic mass is 9.77. The van der Waals surface area contributed by atoms with E-state index in [2.05, 4.69) is 21.1 Å². The van der Waals surface area contributed by atoms with E-state index in [9.17, 15) is 29.1 Å². The number of amides is 3. The fraction of sp³-hybridized carbons (Fsp3) is 0.237. The number of anilines is 1. The van der Waals surface area contributed by atoms with Gasteiger partial charge < -0.3 is 30.6 Å². The van der Waals surface area contributed by atoms with E-state index < -0.39 is 46.8 Å². The van der Waals surface area contributed by atoms with Crippen LogP contribution in [0.3, 0.4) is 0 Å². The molecule has 54 heavy (non-hydrogen) atoms. The number of hydrogen-bond donors (Lipinski definition) is 4. The molecule has 4 N–H and O–H groups in total. The molecule has 7 rings (SSSR count). The number of rotatable bonds is 13. The van der Waals surface area contributed by atoms with Crippen LogP contribution < -0.4 is 16.0 Å². The SMILES string of the molecule is CC(=O)OCC1=C(C(=O)O)N2C(=O)[C@H](NC(=O)C(=NOC3CCNC3=O)c3csc(NC(c4ccccc4)(c4ccccc4)c4ccccc4)n3)[C@H]2SC1. The molecule has 0 aliphatic carbocycles. The van der Waals surface area contributed by atoms with E-state index in [1.807, 2.05) is 91.0 Å². The number of thiazole rings is 1. The highest BCUT2D eigenvalue weighted by atomic mass is 32.2. The average molecular weight is 767 g/mol. The number of carbonyl (C=O) groups is 5. The van der Waals surface area contributed by atoms with Crippen LogP contribution in [0.1, 0.15) is 35.7 Å². The summed E-state index contributed by atoms with van der Waals surface area (Å²) in [6, 6.07) is 28.6. The summed E-state index contributed by atoms with van der Waals surface area (Å²) < 4.78 is 5.01. The van der Waals surface area contributed by atoms with Crippen LogP contribution in [0, 0.1) is 0 Å². The third kappa shape index (κ3) is 7.04. The Morgan fingerprint density at radius 2 is 1.59 bits per heavy atom. The lowest BCUT2D eigenvalue weighted by Gasteiger charge is -2.49. The molecule has 3 atom stereocenters. The third-order valence-corrected chi connectivity index (χ3v) is 11.2. The van der Waals surface area contributed by atoms with Gasteiger partial charge in [0.2, 0.25) is 6.10 Å². The topological polar surface area (TPSA) is 189 Å². The van der Waals surface area contributed by atoms with Gasteiger partial charge in [-0.15, -0.1) is 23.1 Å². The molecule has 0 bridgehead atoms. The Kier molecular flexibility index (Phi) is 10.5. The molecule has 3 amide bonds. The van der Waals surface area contributed by atoms with Crippen LogP contribution in [0.25, 0.3) is 0 Å². The molecule has 2 saturated heterocycles. The lowest BCUT2D eigenvalue weighted by Crippen LogP contribution is -2.71. The molecule has 0 saturated carbocycles. The number of oxime groups is 1. The van der Waals surface area contributed by atoms with Gasteiger partial charge in [-0.3, -0.25) is 24.1 Å². The number of nitrogens with zero attached hydrogens (tertiary/aromatic N) is 3. The Balaban J connectivity index is 1.20. The Labute approximate surface area is 317 Å². The van der Waals surface area contributed by atoms with Gasteiger partial charge in [0.15, 0.2) is 10.8 Å². The Morgan fingerprint density at radius 3 is 2.13 bits per heavy atom. The number of nitrogens with one attached hydrogen (secondary N) is 3. The minimum atomic E-state index is -1.36. The first-order chi connectivity index (χ1) is 26.2. The number of benzene rings is 3. The van der Waals surface area contributed by atoms with E-state index >= 15 is 0 Å². The molecule has 2 fully saturated rings. The van der Waals surface area contributed by atoms with Gasteiger partial charge in [0.1, 0.15) is 35.0 Å². The largest absolute Gasteiger partial charge is 0.477 e. The number of carbonyl (C=O) groups excluding carboxylic acids is 4. The van der Waals surface area contributed by atoms with Crippen molar-refractivity contribution in [3.8, 4) is 0 Å². The van der Waals surface area contributed by atoms with Crippen molar-refractivity contribution in [3.63, 3.8) is 0 Å². The summed E-state index contributed by atoms with van der Waals surface area (Å²) in [5, 5.41) is 24.4. The van der Waals surface area contributed by atoms with Crippen molar-refractivity contribution in [3.05, 3.63) is 130 Å². The van der Waals surface area contributed by atoms with E-state index in [4.69, 9.17) is 14.6 Å². The first-order valence-corrected chi connectivity index (χ1v) is 18.9. The summed E-state index contributed by atoms with van der Waals surface area (Å²) in [5.41, 5.74) is 1.72. The molecule has 276 valence electrons. The van der Waals surface area contributed by atoms with E-state index in [1.165, 1.54) is 30.0 Å². The number of ether oxygens (including phenoxy) is 1. The minimum absolute atomic E-state index is 0.121. The maximum absolute atomic E-state index is 14.0. The van der Waals surface area contributed by atoms with Crippen molar-refractivity contribution in [2.45, 2.75) is 36.4 Å². The molecule has 1 unspecified atom stereocenters. The molecular formula is C38H34N6O8S2. The zero-order valence-corrected chi connectivity index (χ0v) is 30.4. The number of esters is 1. The number of aliphatic carboxylic acids is 1. The summed E-state index contributed by atoms with van der Waals surface area (Å²) in [7, 11) is 0. The second-order valence-corrected chi connectivity index (χ2v) is 14.5. The molecule has 14 nitrogen and oxygen atoms in total. The van der Waals surface area contributed by atoms with Gasteiger partial charge in [-0.25, -0.2) is 9.78 Å². The van der Waals surface area contributed by atoms with Crippen LogP contribution in [0.4, 0.5) is 5.13 Å². The van der Waals surface area contributed by atoms with E-state index in [-0.39, 0.29) is 40.9 Å². The Hall–Kier alpha value is -6.00. The predicted octanol–water partition coefficient (Wildman–Crippen LogP) is 3.46. The van der Waals surface area contributed by atoms with Gasteiger partial charge in [0.05, 0.1) is 0 Å². The van der Waals surface area contributed by atoms with Gasteiger partial charge in [-0.05, 0) is 16.7 Å². The molecule has 4 heterocycles. The van der Waals surface area contributed by atoms with Crippen LogP contribution in [0.5, 0.6) is 0 Å². The average Bonchev–Trinajstić information content (AvgIpc) is 3.83. The lowest BCUT2D eigenvalue weighted by molar-refractivity contribution is -0.150. The Bertz CT molecular complexity index is 2050. The molecule has 0 spiro atoms. The predicted molar refractivity (Wildman–Crippen MR) is 200 cm³/mol. The molecule has 0 radical (unpaired) electrons. The van der Waals surface area contributed by atoms with Crippen LogP contribution in [0.15, 0.2) is 113 Å². The van der Waals surface area contributed by atoms with Crippen molar-refractivity contribution in [1.29, 1.82) is 0 Å². The first kappa shape index (κ1) is 36.4. The fourth-order valence-electron chi connectivity index (χ4n) is 6.57. The summed E-state index contributed by atoms with van der Waals surface area (Å²) in [6.45, 7) is 1.31. The molecule has 3 aliphatic heterocycles. The monoisotopic (exact) mass is 766 g/mol. The van der Waals surface area contributed by atoms with Gasteiger partial charge in [0.25, 0.3) is 17.7 Å². The van der Waals surface area contributed by atoms with Crippen LogP contribution in [-0.2, 0) is 39.1 Å². The van der Waals surface area contributed by atoms with Gasteiger partial charge in [-0.1, -0.05) is 96.2 Å². The number of fused-ring (bicyclic) bond motifs is 1. The number of carboxylic acid groups (broad SMARTS) is 1. The Morgan fingerprint density at radius 1 is 0.981 bits per heavy atom. The molecular weight excluding hydrogens is 733 g/mol. The van der Waals surface area contributed by atoms with E-state index in [1.54, 1.807) is 5.38 Å². The zero-order chi connectivity index (χ0) is 37.8.